The van der Waals surface area contributed by atoms with Gasteiger partial charge in [-0.15, -0.1) is 0 Å². The largest absolute Gasteiger partial charge is 0.399 e. The number of carbonyl (C=O) groups is 1. The Morgan fingerprint density at radius 2 is 1.78 bits per heavy atom. The summed E-state index contributed by atoms with van der Waals surface area (Å²) in [5.41, 5.74) is 8.15. The third-order valence-electron chi connectivity index (χ3n) is 4.09. The number of nitrogens with two attached hydrogens (primary N) is 1. The highest BCUT2D eigenvalue weighted by molar-refractivity contribution is 5.94. The third kappa shape index (κ3) is 3.87. The summed E-state index contributed by atoms with van der Waals surface area (Å²) in [6, 6.07) is 13.7. The summed E-state index contributed by atoms with van der Waals surface area (Å²) >= 11 is 0. The lowest BCUT2D eigenvalue weighted by atomic mass is 10.1. The number of carbonyl (C=O) groups excluding carboxylic acids is 1. The molecule has 0 aromatic heterocycles. The molecule has 5 heteroatoms. The molecular weight excluding hydrogens is 293 g/mol. The van der Waals surface area contributed by atoms with Crippen LogP contribution in [0.15, 0.2) is 48.5 Å². The van der Waals surface area contributed by atoms with Crippen molar-refractivity contribution >= 4 is 11.6 Å². The number of halogens is 1. The number of anilines is 1. The van der Waals surface area contributed by atoms with E-state index in [-0.39, 0.29) is 11.7 Å². The van der Waals surface area contributed by atoms with E-state index in [1.165, 1.54) is 17.7 Å². The fourth-order valence-corrected chi connectivity index (χ4v) is 2.86. The maximum atomic E-state index is 13.2. The molecule has 0 saturated carbocycles. The van der Waals surface area contributed by atoms with Crippen LogP contribution in [0.25, 0.3) is 0 Å². The van der Waals surface area contributed by atoms with Crippen molar-refractivity contribution in [2.24, 2.45) is 0 Å². The van der Waals surface area contributed by atoms with E-state index >= 15 is 0 Å². The first kappa shape index (κ1) is 15.5. The van der Waals surface area contributed by atoms with Crippen molar-refractivity contribution in [2.45, 2.75) is 6.54 Å². The van der Waals surface area contributed by atoms with E-state index < -0.39 is 0 Å². The topological polar surface area (TPSA) is 49.6 Å². The quantitative estimate of drug-likeness (QED) is 0.885. The molecule has 0 radical (unpaired) electrons. The Hall–Kier alpha value is -2.40. The van der Waals surface area contributed by atoms with Crippen LogP contribution >= 0.6 is 0 Å². The zero-order valence-corrected chi connectivity index (χ0v) is 12.9. The molecule has 1 aliphatic rings. The summed E-state index contributed by atoms with van der Waals surface area (Å²) < 4.78 is 13.2. The normalized spacial score (nSPS) is 15.6. The molecule has 1 fully saturated rings. The minimum absolute atomic E-state index is 0.104. The molecule has 0 bridgehead atoms. The van der Waals surface area contributed by atoms with Crippen LogP contribution in [0.5, 0.6) is 0 Å². The van der Waals surface area contributed by atoms with E-state index in [2.05, 4.69) is 11.0 Å². The van der Waals surface area contributed by atoms with Crippen molar-refractivity contribution in [2.75, 3.05) is 31.9 Å². The van der Waals surface area contributed by atoms with Crippen molar-refractivity contribution in [1.82, 2.24) is 9.80 Å². The van der Waals surface area contributed by atoms with Gasteiger partial charge in [0.05, 0.1) is 0 Å². The Kier molecular flexibility index (Phi) is 4.57. The molecular formula is C18H20FN3O. The van der Waals surface area contributed by atoms with Crippen LogP contribution in [0.4, 0.5) is 10.1 Å². The van der Waals surface area contributed by atoms with Gasteiger partial charge in [0.1, 0.15) is 5.82 Å². The molecule has 120 valence electrons. The van der Waals surface area contributed by atoms with Gasteiger partial charge >= 0.3 is 0 Å². The molecule has 2 N–H and O–H groups in total. The van der Waals surface area contributed by atoms with Crippen LogP contribution in [0.2, 0.25) is 0 Å². The van der Waals surface area contributed by atoms with Gasteiger partial charge in [0.25, 0.3) is 5.91 Å². The lowest BCUT2D eigenvalue weighted by Crippen LogP contribution is -2.48. The maximum Gasteiger partial charge on any atom is 0.254 e. The van der Waals surface area contributed by atoms with Gasteiger partial charge in [-0.1, -0.05) is 18.2 Å². The summed E-state index contributed by atoms with van der Waals surface area (Å²) in [6.45, 7) is 3.73. The molecule has 1 aliphatic heterocycles. The predicted molar refractivity (Wildman–Crippen MR) is 88.4 cm³/mol. The Morgan fingerprint density at radius 1 is 1.04 bits per heavy atom. The predicted octanol–water partition coefficient (Wildman–Crippen LogP) is 2.37. The Balaban J connectivity index is 1.57. The number of hydrogen-bond donors (Lipinski definition) is 1. The SMILES string of the molecule is Nc1cccc(CN2CCN(C(=O)c3cccc(F)c3)CC2)c1. The van der Waals surface area contributed by atoms with E-state index in [0.717, 1.165) is 25.3 Å². The lowest BCUT2D eigenvalue weighted by Gasteiger charge is -2.34. The van der Waals surface area contributed by atoms with E-state index in [1.807, 2.05) is 18.2 Å². The number of amides is 1. The van der Waals surface area contributed by atoms with E-state index in [0.29, 0.717) is 18.7 Å². The van der Waals surface area contributed by atoms with Gasteiger partial charge in [-0.25, -0.2) is 4.39 Å². The number of nitrogen functional groups attached to an aromatic ring is 1. The summed E-state index contributed by atoms with van der Waals surface area (Å²) in [7, 11) is 0. The first-order chi connectivity index (χ1) is 11.1. The van der Waals surface area contributed by atoms with E-state index in [4.69, 9.17) is 5.73 Å². The minimum atomic E-state index is -0.379. The molecule has 0 atom stereocenters. The van der Waals surface area contributed by atoms with Gasteiger partial charge in [-0.3, -0.25) is 9.69 Å². The minimum Gasteiger partial charge on any atom is -0.399 e. The second-order valence-corrected chi connectivity index (χ2v) is 5.82. The van der Waals surface area contributed by atoms with Crippen LogP contribution in [-0.2, 0) is 6.54 Å². The van der Waals surface area contributed by atoms with Gasteiger partial charge in [0, 0.05) is 44.0 Å². The molecule has 2 aromatic rings. The highest BCUT2D eigenvalue weighted by Crippen LogP contribution is 2.14. The van der Waals surface area contributed by atoms with Crippen LogP contribution in [0.3, 0.4) is 0 Å². The number of benzene rings is 2. The second-order valence-electron chi connectivity index (χ2n) is 5.82. The Labute approximate surface area is 135 Å². The van der Waals surface area contributed by atoms with Gasteiger partial charge in [0.2, 0.25) is 0 Å². The van der Waals surface area contributed by atoms with Crippen molar-refractivity contribution in [1.29, 1.82) is 0 Å². The van der Waals surface area contributed by atoms with E-state index in [1.54, 1.807) is 17.0 Å². The average Bonchev–Trinajstić information content (AvgIpc) is 2.55. The smallest absolute Gasteiger partial charge is 0.254 e. The highest BCUT2D eigenvalue weighted by atomic mass is 19.1. The summed E-state index contributed by atoms with van der Waals surface area (Å²) in [4.78, 5) is 16.5. The molecule has 0 unspecified atom stereocenters. The van der Waals surface area contributed by atoms with Crippen LogP contribution in [0, 0.1) is 5.82 Å². The molecule has 1 heterocycles. The number of rotatable bonds is 3. The molecule has 23 heavy (non-hydrogen) atoms. The summed E-state index contributed by atoms with van der Waals surface area (Å²) in [5, 5.41) is 0. The Morgan fingerprint density at radius 3 is 2.48 bits per heavy atom. The summed E-state index contributed by atoms with van der Waals surface area (Å²) in [5.74, 6) is -0.482. The second kappa shape index (κ2) is 6.79. The molecule has 1 amide bonds. The third-order valence-corrected chi connectivity index (χ3v) is 4.09. The van der Waals surface area contributed by atoms with Crippen LogP contribution in [-0.4, -0.2) is 41.9 Å². The van der Waals surface area contributed by atoms with Gasteiger partial charge < -0.3 is 10.6 Å². The number of nitrogens with zero attached hydrogens (tertiary/aromatic N) is 2. The Bertz CT molecular complexity index is 696. The van der Waals surface area contributed by atoms with Crippen molar-refractivity contribution < 1.29 is 9.18 Å². The first-order valence-corrected chi connectivity index (χ1v) is 7.73. The first-order valence-electron chi connectivity index (χ1n) is 7.73. The van der Waals surface area contributed by atoms with Gasteiger partial charge in [-0.05, 0) is 35.9 Å². The number of piperazine rings is 1. The molecule has 0 spiro atoms. The molecule has 3 rings (SSSR count). The molecule has 4 nitrogen and oxygen atoms in total. The average molecular weight is 313 g/mol. The fraction of sp³-hybridized carbons (Fsp3) is 0.278. The molecule has 0 aliphatic carbocycles. The number of hydrogen-bond acceptors (Lipinski definition) is 3. The highest BCUT2D eigenvalue weighted by Gasteiger charge is 2.22. The monoisotopic (exact) mass is 313 g/mol. The van der Waals surface area contributed by atoms with Crippen LogP contribution < -0.4 is 5.73 Å². The van der Waals surface area contributed by atoms with Gasteiger partial charge in [-0.2, -0.15) is 0 Å². The standard InChI is InChI=1S/C18H20FN3O/c19-16-5-2-4-15(12-16)18(23)22-9-7-21(8-10-22)13-14-3-1-6-17(20)11-14/h1-6,11-12H,7-10,13,20H2. The van der Waals surface area contributed by atoms with Crippen LogP contribution in [0.1, 0.15) is 15.9 Å². The zero-order chi connectivity index (χ0) is 16.2. The summed E-state index contributed by atoms with van der Waals surface area (Å²) in [6.07, 6.45) is 0. The van der Waals surface area contributed by atoms with Crippen molar-refractivity contribution in [3.8, 4) is 0 Å². The lowest BCUT2D eigenvalue weighted by molar-refractivity contribution is 0.0628. The fourth-order valence-electron chi connectivity index (χ4n) is 2.86. The molecule has 1 saturated heterocycles. The molecule has 2 aromatic carbocycles. The van der Waals surface area contributed by atoms with Crippen molar-refractivity contribution in [3.63, 3.8) is 0 Å². The van der Waals surface area contributed by atoms with Gasteiger partial charge in [0.15, 0.2) is 0 Å². The maximum absolute atomic E-state index is 13.2. The van der Waals surface area contributed by atoms with E-state index in [9.17, 15) is 9.18 Å². The van der Waals surface area contributed by atoms with Crippen molar-refractivity contribution in [3.05, 3.63) is 65.5 Å². The zero-order valence-electron chi connectivity index (χ0n) is 12.9.